The number of aliphatic hydroxyl groups is 1. The van der Waals surface area contributed by atoms with Crippen LogP contribution >= 0.6 is 0 Å². The van der Waals surface area contributed by atoms with Crippen molar-refractivity contribution >= 4 is 16.8 Å². The van der Waals surface area contributed by atoms with Gasteiger partial charge in [-0.05, 0) is 43.5 Å². The summed E-state index contributed by atoms with van der Waals surface area (Å²) >= 11 is 0. The second kappa shape index (κ2) is 6.91. The van der Waals surface area contributed by atoms with Crippen molar-refractivity contribution in [1.29, 1.82) is 0 Å². The summed E-state index contributed by atoms with van der Waals surface area (Å²) in [5.74, 6) is -0.340. The lowest BCUT2D eigenvalue weighted by Crippen LogP contribution is -2.42. The molecule has 2 heterocycles. The van der Waals surface area contributed by atoms with E-state index in [0.29, 0.717) is 12.8 Å². The number of carbonyl (C=O) groups excluding carboxylic acids is 1. The predicted molar refractivity (Wildman–Crippen MR) is 91.1 cm³/mol. The van der Waals surface area contributed by atoms with E-state index in [1.807, 2.05) is 6.92 Å². The summed E-state index contributed by atoms with van der Waals surface area (Å²) in [6.45, 7) is 5.76. The standard InChI is InChI=1S/C18H24FN3O2/c1-11-14-9-13(19)3-4-15(14)21-17(11)10-22-7-5-16(20-12(2)23)18(24)6-8-22/h3-4,9,16,18,21,24H,5-8,10H2,1-2H3,(H,20,23)/t16-,18-/m0/s1. The Morgan fingerprint density at radius 3 is 2.92 bits per heavy atom. The molecule has 1 aromatic heterocycles. The number of hydrogen-bond donors (Lipinski definition) is 3. The molecule has 130 valence electrons. The number of fused-ring (bicyclic) bond motifs is 1. The minimum atomic E-state index is -0.517. The van der Waals surface area contributed by atoms with Gasteiger partial charge >= 0.3 is 0 Å². The van der Waals surface area contributed by atoms with E-state index in [0.717, 1.165) is 41.8 Å². The molecule has 1 fully saturated rings. The molecular weight excluding hydrogens is 309 g/mol. The van der Waals surface area contributed by atoms with Crippen LogP contribution in [0.15, 0.2) is 18.2 Å². The van der Waals surface area contributed by atoms with E-state index >= 15 is 0 Å². The molecule has 0 aliphatic carbocycles. The van der Waals surface area contributed by atoms with Crippen molar-refractivity contribution in [3.63, 3.8) is 0 Å². The number of rotatable bonds is 3. The number of aryl methyl sites for hydroxylation is 1. The van der Waals surface area contributed by atoms with Gasteiger partial charge in [-0.2, -0.15) is 0 Å². The molecule has 0 saturated carbocycles. The summed E-state index contributed by atoms with van der Waals surface area (Å²) in [5, 5.41) is 13.9. The molecule has 5 nitrogen and oxygen atoms in total. The lowest BCUT2D eigenvalue weighted by molar-refractivity contribution is -0.120. The van der Waals surface area contributed by atoms with E-state index in [2.05, 4.69) is 15.2 Å². The quantitative estimate of drug-likeness (QED) is 0.805. The molecule has 1 aliphatic rings. The summed E-state index contributed by atoms with van der Waals surface area (Å²) in [4.78, 5) is 16.9. The third kappa shape index (κ3) is 3.60. The van der Waals surface area contributed by atoms with Gasteiger partial charge < -0.3 is 15.4 Å². The van der Waals surface area contributed by atoms with Gasteiger partial charge in [-0.25, -0.2) is 4.39 Å². The molecule has 6 heteroatoms. The molecule has 1 saturated heterocycles. The molecule has 0 bridgehead atoms. The van der Waals surface area contributed by atoms with Crippen LogP contribution in [0.5, 0.6) is 0 Å². The van der Waals surface area contributed by atoms with Crippen molar-refractivity contribution in [2.24, 2.45) is 0 Å². The normalized spacial score (nSPS) is 22.5. The Kier molecular flexibility index (Phi) is 4.87. The van der Waals surface area contributed by atoms with Gasteiger partial charge in [-0.1, -0.05) is 0 Å². The zero-order chi connectivity index (χ0) is 17.3. The molecule has 2 atom stereocenters. The molecule has 3 N–H and O–H groups in total. The van der Waals surface area contributed by atoms with Gasteiger partial charge in [0.2, 0.25) is 5.91 Å². The third-order valence-corrected chi connectivity index (χ3v) is 4.86. The molecule has 2 aromatic rings. The molecule has 0 spiro atoms. The van der Waals surface area contributed by atoms with Crippen LogP contribution in [-0.4, -0.2) is 46.1 Å². The predicted octanol–water partition coefficient (Wildman–Crippen LogP) is 2.08. The SMILES string of the molecule is CC(=O)N[C@H]1CCN(Cc2[nH]c3ccc(F)cc3c2C)CC[C@@H]1O. The number of aromatic amines is 1. The molecule has 1 aliphatic heterocycles. The molecule has 24 heavy (non-hydrogen) atoms. The largest absolute Gasteiger partial charge is 0.391 e. The van der Waals surface area contributed by atoms with Crippen molar-refractivity contribution in [1.82, 2.24) is 15.2 Å². The maximum atomic E-state index is 13.4. The molecule has 3 rings (SSSR count). The Labute approximate surface area is 140 Å². The number of carbonyl (C=O) groups is 1. The monoisotopic (exact) mass is 333 g/mol. The van der Waals surface area contributed by atoms with Crippen LogP contribution in [-0.2, 0) is 11.3 Å². The first-order chi connectivity index (χ1) is 11.4. The average Bonchev–Trinajstić information content (AvgIpc) is 2.72. The lowest BCUT2D eigenvalue weighted by atomic mass is 10.1. The fraction of sp³-hybridized carbons (Fsp3) is 0.500. The van der Waals surface area contributed by atoms with Gasteiger partial charge in [-0.15, -0.1) is 0 Å². The van der Waals surface area contributed by atoms with Gasteiger partial charge in [0.1, 0.15) is 5.82 Å². The van der Waals surface area contributed by atoms with E-state index in [9.17, 15) is 14.3 Å². The van der Waals surface area contributed by atoms with Gasteiger partial charge in [0.05, 0.1) is 12.1 Å². The van der Waals surface area contributed by atoms with E-state index in [1.54, 1.807) is 12.1 Å². The summed E-state index contributed by atoms with van der Waals surface area (Å²) in [7, 11) is 0. The van der Waals surface area contributed by atoms with Crippen LogP contribution in [0.2, 0.25) is 0 Å². The number of H-pyrrole nitrogens is 1. The highest BCUT2D eigenvalue weighted by atomic mass is 19.1. The number of aromatic nitrogens is 1. The maximum absolute atomic E-state index is 13.4. The van der Waals surface area contributed by atoms with Crippen LogP contribution in [0.25, 0.3) is 10.9 Å². The van der Waals surface area contributed by atoms with E-state index in [-0.39, 0.29) is 17.8 Å². The number of halogens is 1. The van der Waals surface area contributed by atoms with Gasteiger partial charge in [0, 0.05) is 43.2 Å². The number of nitrogens with one attached hydrogen (secondary N) is 2. The highest BCUT2D eigenvalue weighted by molar-refractivity contribution is 5.84. The first kappa shape index (κ1) is 16.9. The summed E-state index contributed by atoms with van der Waals surface area (Å²) in [6, 6.07) is 4.59. The van der Waals surface area contributed by atoms with Crippen molar-refractivity contribution in [2.75, 3.05) is 13.1 Å². The topological polar surface area (TPSA) is 68.4 Å². The molecule has 1 amide bonds. The average molecular weight is 333 g/mol. The van der Waals surface area contributed by atoms with Crippen molar-refractivity contribution in [3.05, 3.63) is 35.3 Å². The number of benzene rings is 1. The zero-order valence-corrected chi connectivity index (χ0v) is 14.1. The smallest absolute Gasteiger partial charge is 0.217 e. The number of likely N-dealkylation sites (tertiary alicyclic amines) is 1. The fourth-order valence-electron chi connectivity index (χ4n) is 3.47. The highest BCUT2D eigenvalue weighted by Crippen LogP contribution is 2.24. The Hall–Kier alpha value is -1.92. The Morgan fingerprint density at radius 2 is 2.17 bits per heavy atom. The van der Waals surface area contributed by atoms with Crippen molar-refractivity contribution in [3.8, 4) is 0 Å². The number of aliphatic hydroxyl groups excluding tert-OH is 1. The summed E-state index contributed by atoms with van der Waals surface area (Å²) in [5.41, 5.74) is 3.07. The molecule has 0 unspecified atom stereocenters. The van der Waals surface area contributed by atoms with Gasteiger partial charge in [-0.3, -0.25) is 9.69 Å². The first-order valence-corrected chi connectivity index (χ1v) is 8.38. The minimum Gasteiger partial charge on any atom is -0.391 e. The summed E-state index contributed by atoms with van der Waals surface area (Å²) in [6.07, 6.45) is 0.824. The van der Waals surface area contributed by atoms with Crippen molar-refractivity contribution < 1.29 is 14.3 Å². The zero-order valence-electron chi connectivity index (χ0n) is 14.1. The van der Waals surface area contributed by atoms with E-state index < -0.39 is 6.10 Å². The molecular formula is C18H24FN3O2. The highest BCUT2D eigenvalue weighted by Gasteiger charge is 2.25. The van der Waals surface area contributed by atoms with E-state index in [4.69, 9.17) is 0 Å². The second-order valence-electron chi connectivity index (χ2n) is 6.65. The first-order valence-electron chi connectivity index (χ1n) is 8.38. The molecule has 0 radical (unpaired) electrons. The summed E-state index contributed by atoms with van der Waals surface area (Å²) < 4.78 is 13.4. The Balaban J connectivity index is 1.72. The van der Waals surface area contributed by atoms with Crippen LogP contribution in [0.4, 0.5) is 4.39 Å². The fourth-order valence-corrected chi connectivity index (χ4v) is 3.47. The second-order valence-corrected chi connectivity index (χ2v) is 6.65. The van der Waals surface area contributed by atoms with Crippen LogP contribution in [0.1, 0.15) is 31.0 Å². The van der Waals surface area contributed by atoms with Gasteiger partial charge in [0.25, 0.3) is 0 Å². The Bertz CT molecular complexity index is 743. The number of amides is 1. The molecule has 1 aromatic carbocycles. The Morgan fingerprint density at radius 1 is 1.42 bits per heavy atom. The minimum absolute atomic E-state index is 0.110. The number of hydrogen-bond acceptors (Lipinski definition) is 3. The van der Waals surface area contributed by atoms with Crippen molar-refractivity contribution in [2.45, 2.75) is 45.4 Å². The van der Waals surface area contributed by atoms with Crippen LogP contribution < -0.4 is 5.32 Å². The maximum Gasteiger partial charge on any atom is 0.217 e. The third-order valence-electron chi connectivity index (χ3n) is 4.86. The number of nitrogens with zero attached hydrogens (tertiary/aromatic N) is 1. The van der Waals surface area contributed by atoms with Crippen LogP contribution in [0, 0.1) is 12.7 Å². The lowest BCUT2D eigenvalue weighted by Gasteiger charge is -2.20. The van der Waals surface area contributed by atoms with Crippen LogP contribution in [0.3, 0.4) is 0 Å². The van der Waals surface area contributed by atoms with Gasteiger partial charge in [0.15, 0.2) is 0 Å². The van der Waals surface area contributed by atoms with E-state index in [1.165, 1.54) is 13.0 Å².